The predicted octanol–water partition coefficient (Wildman–Crippen LogP) is 2.74. The van der Waals surface area contributed by atoms with E-state index in [4.69, 9.17) is 15.5 Å². The summed E-state index contributed by atoms with van der Waals surface area (Å²) in [5.41, 5.74) is 16.6. The number of esters is 1. The molecule has 1 amide bonds. The van der Waals surface area contributed by atoms with E-state index in [1.54, 1.807) is 20.4 Å². The van der Waals surface area contributed by atoms with E-state index >= 15 is 0 Å². The summed E-state index contributed by atoms with van der Waals surface area (Å²) in [7, 11) is 1.16. The van der Waals surface area contributed by atoms with Crippen molar-refractivity contribution in [1.29, 1.82) is 0 Å². The second-order valence-corrected chi connectivity index (χ2v) is 15.2. The summed E-state index contributed by atoms with van der Waals surface area (Å²) >= 11 is 0. The Morgan fingerprint density at radius 2 is 1.92 bits per heavy atom. The number of carbonyl (C=O) groups excluding carboxylic acids is 2. The number of methoxy groups -OCH3 is 2. The highest BCUT2D eigenvalue weighted by atomic mass is 32.2. The minimum Gasteiger partial charge on any atom is -0.469 e. The highest BCUT2D eigenvalue weighted by Crippen LogP contribution is 2.41. The van der Waals surface area contributed by atoms with E-state index in [2.05, 4.69) is 50.2 Å². The van der Waals surface area contributed by atoms with Gasteiger partial charge < -0.3 is 29.8 Å². The molecule has 1 saturated heterocycles. The van der Waals surface area contributed by atoms with Crippen LogP contribution in [0.4, 0.5) is 5.69 Å². The van der Waals surface area contributed by atoms with E-state index in [1.165, 1.54) is 14.0 Å². The molecule has 1 fully saturated rings. The molecule has 5 N–H and O–H groups in total. The number of amides is 1. The van der Waals surface area contributed by atoms with Gasteiger partial charge in [0.05, 0.1) is 41.6 Å². The van der Waals surface area contributed by atoms with Crippen molar-refractivity contribution in [3.63, 3.8) is 0 Å². The number of hydrazine groups is 1. The van der Waals surface area contributed by atoms with Crippen molar-refractivity contribution in [2.45, 2.75) is 71.4 Å². The van der Waals surface area contributed by atoms with Crippen LogP contribution in [0, 0.1) is 5.41 Å². The molecule has 1 aliphatic rings. The lowest BCUT2D eigenvalue weighted by atomic mass is 9.84. The van der Waals surface area contributed by atoms with Gasteiger partial charge in [-0.05, 0) is 68.0 Å². The highest BCUT2D eigenvalue weighted by molar-refractivity contribution is 7.92. The Balaban J connectivity index is 0.00000116. The topological polar surface area (TPSA) is 178 Å². The van der Waals surface area contributed by atoms with Crippen molar-refractivity contribution in [3.8, 4) is 11.3 Å². The second-order valence-electron chi connectivity index (χ2n) is 12.8. The number of benzene rings is 1. The minimum absolute atomic E-state index is 0.0182. The number of nitrogens with two attached hydrogens (primary N) is 1. The first-order valence-corrected chi connectivity index (χ1v) is 17.8. The largest absolute Gasteiger partial charge is 0.469 e. The molecule has 0 saturated carbocycles. The molecule has 48 heavy (non-hydrogen) atoms. The summed E-state index contributed by atoms with van der Waals surface area (Å²) in [4.78, 5) is 28.6. The maximum absolute atomic E-state index is 13.0. The predicted molar refractivity (Wildman–Crippen MR) is 188 cm³/mol. The second kappa shape index (κ2) is 16.7. The number of aliphatic hydroxyl groups excluding tert-OH is 1. The normalized spacial score (nSPS) is 17.3. The third kappa shape index (κ3) is 9.11. The average molecular weight is 689 g/mol. The molecule has 3 atom stereocenters. The number of fused-ring (bicyclic) bond motifs is 1. The van der Waals surface area contributed by atoms with Crippen molar-refractivity contribution in [2.24, 2.45) is 11.1 Å². The number of sulfone groups is 1. The minimum atomic E-state index is -3.42. The molecule has 3 unspecified atom stereocenters. The fraction of sp³-hybridized carbons (Fsp3) is 0.559. The summed E-state index contributed by atoms with van der Waals surface area (Å²) in [5.74, 6) is -0.710. The fourth-order valence-electron chi connectivity index (χ4n) is 5.93. The van der Waals surface area contributed by atoms with Crippen molar-refractivity contribution >= 4 is 38.3 Å². The van der Waals surface area contributed by atoms with Crippen molar-refractivity contribution in [2.75, 3.05) is 51.6 Å². The molecule has 2 aromatic heterocycles. The van der Waals surface area contributed by atoms with Gasteiger partial charge in [0.2, 0.25) is 0 Å². The molecule has 1 aromatic carbocycles. The van der Waals surface area contributed by atoms with Crippen LogP contribution in [0.2, 0.25) is 0 Å². The first-order valence-electron chi connectivity index (χ1n) is 16.1. The van der Waals surface area contributed by atoms with E-state index in [0.717, 1.165) is 45.6 Å². The number of nitrogens with one attached hydrogen (secondary N) is 2. The van der Waals surface area contributed by atoms with Crippen LogP contribution in [-0.4, -0.2) is 93.0 Å². The summed E-state index contributed by atoms with van der Waals surface area (Å²) in [6, 6.07) is 9.30. The molecule has 0 aliphatic carbocycles. The van der Waals surface area contributed by atoms with Gasteiger partial charge in [-0.2, -0.15) is 0 Å². The van der Waals surface area contributed by atoms with Crippen molar-refractivity contribution < 1.29 is 32.6 Å². The van der Waals surface area contributed by atoms with Gasteiger partial charge >= 0.3 is 5.97 Å². The Labute approximate surface area is 284 Å². The third-order valence-electron chi connectivity index (χ3n) is 8.72. The Hall–Kier alpha value is -3.56. The lowest BCUT2D eigenvalue weighted by molar-refractivity contribution is -0.138. The summed E-state index contributed by atoms with van der Waals surface area (Å²) < 4.78 is 38.1. The van der Waals surface area contributed by atoms with Crippen LogP contribution in [0.25, 0.3) is 22.2 Å². The first-order chi connectivity index (χ1) is 22.6. The van der Waals surface area contributed by atoms with E-state index in [0.29, 0.717) is 13.0 Å². The number of pyridine rings is 1. The fourth-order valence-corrected chi connectivity index (χ4v) is 7.64. The maximum Gasteiger partial charge on any atom is 0.302 e. The van der Waals surface area contributed by atoms with Crippen LogP contribution in [0.1, 0.15) is 58.4 Å². The highest BCUT2D eigenvalue weighted by Gasteiger charge is 2.36. The van der Waals surface area contributed by atoms with E-state index in [-0.39, 0.29) is 42.8 Å². The SMILES string of the molecule is CCn1c(-c2cccnc2C(C)OC)c(CC(C)(C)CO)c2cc(N3CCS(=O)(=O)C(CC(N)C(=O)NNC)C3)ccc21.COC(C)=O. The number of aliphatic hydroxyl groups is 1. The molecule has 266 valence electrons. The van der Waals surface area contributed by atoms with Gasteiger partial charge in [-0.1, -0.05) is 13.8 Å². The van der Waals surface area contributed by atoms with Gasteiger partial charge in [-0.15, -0.1) is 0 Å². The van der Waals surface area contributed by atoms with E-state index in [9.17, 15) is 23.1 Å². The maximum atomic E-state index is 13.0. The number of anilines is 1. The molecule has 0 bridgehead atoms. The first kappa shape index (κ1) is 38.9. The zero-order valence-electron chi connectivity index (χ0n) is 29.4. The molecular weight excluding hydrogens is 636 g/mol. The van der Waals surface area contributed by atoms with Gasteiger partial charge in [0.25, 0.3) is 5.91 Å². The van der Waals surface area contributed by atoms with Crippen LogP contribution in [0.15, 0.2) is 36.5 Å². The molecular formula is C34H52N6O7S. The van der Waals surface area contributed by atoms with Crippen molar-refractivity contribution in [3.05, 3.63) is 47.8 Å². The molecule has 1 aliphatic heterocycles. The summed E-state index contributed by atoms with van der Waals surface area (Å²) in [5, 5.41) is 10.5. The van der Waals surface area contributed by atoms with Crippen LogP contribution >= 0.6 is 0 Å². The lowest BCUT2D eigenvalue weighted by Crippen LogP contribution is -2.52. The Morgan fingerprint density at radius 1 is 1.23 bits per heavy atom. The number of aryl methyl sites for hydroxylation is 1. The third-order valence-corrected chi connectivity index (χ3v) is 10.8. The van der Waals surface area contributed by atoms with Crippen molar-refractivity contribution in [1.82, 2.24) is 20.4 Å². The lowest BCUT2D eigenvalue weighted by Gasteiger charge is -2.35. The Bertz CT molecular complexity index is 1670. The van der Waals surface area contributed by atoms with E-state index < -0.39 is 27.0 Å². The number of ether oxygens (including phenoxy) is 2. The van der Waals surface area contributed by atoms with Crippen LogP contribution < -0.4 is 21.5 Å². The van der Waals surface area contributed by atoms with Gasteiger partial charge in [0.1, 0.15) is 0 Å². The summed E-state index contributed by atoms with van der Waals surface area (Å²) in [6.45, 7) is 10.9. The number of hydrogen-bond acceptors (Lipinski definition) is 11. The molecule has 4 rings (SSSR count). The molecule has 13 nitrogen and oxygen atoms in total. The molecule has 14 heteroatoms. The number of carbonyl (C=O) groups is 2. The number of aromatic nitrogens is 2. The zero-order valence-corrected chi connectivity index (χ0v) is 30.2. The Morgan fingerprint density at radius 3 is 2.50 bits per heavy atom. The van der Waals surface area contributed by atoms with Crippen LogP contribution in [0.3, 0.4) is 0 Å². The van der Waals surface area contributed by atoms with Crippen LogP contribution in [0.5, 0.6) is 0 Å². The van der Waals surface area contributed by atoms with E-state index in [1.807, 2.05) is 32.9 Å². The van der Waals surface area contributed by atoms with Crippen LogP contribution in [-0.2, 0) is 41.9 Å². The monoisotopic (exact) mass is 688 g/mol. The molecule has 3 heterocycles. The number of rotatable bonds is 12. The summed E-state index contributed by atoms with van der Waals surface area (Å²) in [6.07, 6.45) is 2.20. The quantitative estimate of drug-likeness (QED) is 0.163. The number of hydrogen-bond donors (Lipinski definition) is 4. The molecule has 3 aromatic rings. The average Bonchev–Trinajstić information content (AvgIpc) is 3.36. The Kier molecular flexibility index (Phi) is 13.5. The molecule has 0 spiro atoms. The van der Waals surface area contributed by atoms with Gasteiger partial charge in [-0.3, -0.25) is 20.0 Å². The van der Waals surface area contributed by atoms with Gasteiger partial charge in [0, 0.05) is 75.7 Å². The van der Waals surface area contributed by atoms with Gasteiger partial charge in [0.15, 0.2) is 9.84 Å². The smallest absolute Gasteiger partial charge is 0.302 e. The standard InChI is InChI=1S/C31H46N6O5S.C3H6O2/c1-7-37-27-11-10-21(36-13-14-43(40,41)22(18-36)16-26(32)30(39)35-33-5)15-24(27)25(17-31(3,4)19-38)29(37)23-9-8-12-34-28(23)20(2)42-6;1-3(4)5-2/h8-12,15,20,22,26,33,38H,7,13-14,16-19,32H2,1-6H3,(H,35,39);1-2H3. The molecule has 0 radical (unpaired) electrons. The van der Waals surface area contributed by atoms with Gasteiger partial charge in [-0.25, -0.2) is 13.8 Å². The zero-order chi connectivity index (χ0) is 35.8. The number of nitrogens with zero attached hydrogens (tertiary/aromatic N) is 3.